The smallest absolute Gasteiger partial charge is 0.335 e. The zero-order valence-corrected chi connectivity index (χ0v) is 31.2. The second kappa shape index (κ2) is 16.7. The number of nitrogens with zero attached hydrogens (tertiary/aromatic N) is 4. The molecule has 3 unspecified atom stereocenters. The number of rotatable bonds is 9. The van der Waals surface area contributed by atoms with Crippen LogP contribution in [0.2, 0.25) is 0 Å². The van der Waals surface area contributed by atoms with Crippen LogP contribution in [-0.2, 0) is 40.5 Å². The van der Waals surface area contributed by atoms with Crippen molar-refractivity contribution in [2.24, 2.45) is 0 Å². The van der Waals surface area contributed by atoms with Crippen LogP contribution in [0.4, 0.5) is 39.5 Å². The molecule has 0 aromatic heterocycles. The molecule has 0 radical (unpaired) electrons. The highest BCUT2D eigenvalue weighted by Crippen LogP contribution is 2.38. The third kappa shape index (κ3) is 10.4. The normalized spacial score (nSPS) is 22.7. The molecule has 3 aliphatic rings. The van der Waals surface area contributed by atoms with Gasteiger partial charge in [0.1, 0.15) is 5.88 Å². The summed E-state index contributed by atoms with van der Waals surface area (Å²) in [6, 6.07) is 14.4. The average Bonchev–Trinajstić information content (AvgIpc) is 3.13. The molecular weight excluding hydrogens is 776 g/mol. The lowest BCUT2D eigenvalue weighted by Crippen LogP contribution is -2.59. The summed E-state index contributed by atoms with van der Waals surface area (Å²) in [5.74, 6) is -1.96. The Kier molecular flexibility index (Phi) is 12.5. The Morgan fingerprint density at radius 2 is 1.27 bits per heavy atom. The Bertz CT molecular complexity index is 1900. The molecule has 7 nitrogen and oxygen atoms in total. The van der Waals surface area contributed by atoms with Gasteiger partial charge in [-0.25, -0.2) is 8.42 Å². The molecule has 1 amide bonds. The molecule has 0 bridgehead atoms. The van der Waals surface area contributed by atoms with Crippen molar-refractivity contribution in [2.45, 2.75) is 74.5 Å². The van der Waals surface area contributed by atoms with Crippen molar-refractivity contribution in [3.05, 3.63) is 106 Å². The minimum absolute atomic E-state index is 0.00488. The number of carbonyl (C=O) groups excluding carboxylic acids is 1. The summed E-state index contributed by atoms with van der Waals surface area (Å²) in [5, 5.41) is 0. The quantitative estimate of drug-likeness (QED) is 0.207. The minimum atomic E-state index is -5.09. The molecule has 306 valence electrons. The molecule has 0 spiro atoms. The zero-order valence-electron chi connectivity index (χ0n) is 30.4. The second-order valence-electron chi connectivity index (χ2n) is 14.9. The van der Waals surface area contributed by atoms with Crippen LogP contribution in [0.5, 0.6) is 0 Å². The first-order valence-corrected chi connectivity index (χ1v) is 20.3. The predicted molar refractivity (Wildman–Crippen MR) is 191 cm³/mol. The highest BCUT2D eigenvalue weighted by atomic mass is 32.2. The standard InChI is InChI=1S/C39H43F9N4O3S/c40-37(41,42)30-20-29(21-31(22-30)38(43,44)45)36(53)52-14-12-32(23-34(52)19-27-7-2-1-3-8-27)50-15-17-51(18-16-50)33-10-6-13-49(24-33)26-56(54,55)25-28-9-4-5-11-35(28)39(46,47)48/h1-5,7-9,11,20-22,32-34H,6,10,12-19,23-26H2. The minimum Gasteiger partial charge on any atom is -0.335 e. The molecule has 3 aromatic carbocycles. The molecule has 0 N–H and O–H groups in total. The van der Waals surface area contributed by atoms with E-state index in [2.05, 4.69) is 9.80 Å². The first-order valence-electron chi connectivity index (χ1n) is 18.5. The van der Waals surface area contributed by atoms with E-state index in [1.807, 2.05) is 30.3 Å². The van der Waals surface area contributed by atoms with E-state index in [1.165, 1.54) is 23.1 Å². The van der Waals surface area contributed by atoms with Gasteiger partial charge in [-0.2, -0.15) is 39.5 Å². The molecule has 3 aliphatic heterocycles. The molecule has 17 heteroatoms. The number of piperidine rings is 2. The molecule has 0 saturated carbocycles. The molecule has 0 aliphatic carbocycles. The summed E-state index contributed by atoms with van der Waals surface area (Å²) in [6.07, 6.45) is -12.0. The zero-order chi connectivity index (χ0) is 40.5. The van der Waals surface area contributed by atoms with Gasteiger partial charge in [0.15, 0.2) is 9.84 Å². The Morgan fingerprint density at radius 3 is 1.88 bits per heavy atom. The summed E-state index contributed by atoms with van der Waals surface area (Å²) in [6.45, 7) is 3.73. The van der Waals surface area contributed by atoms with Gasteiger partial charge >= 0.3 is 18.5 Å². The number of benzene rings is 3. The van der Waals surface area contributed by atoms with Gasteiger partial charge in [0, 0.05) is 63.0 Å². The largest absolute Gasteiger partial charge is 0.416 e. The number of alkyl halides is 9. The van der Waals surface area contributed by atoms with E-state index < -0.39 is 68.3 Å². The van der Waals surface area contributed by atoms with Crippen LogP contribution in [0.15, 0.2) is 72.8 Å². The first-order chi connectivity index (χ1) is 26.3. The van der Waals surface area contributed by atoms with Crippen LogP contribution in [0.25, 0.3) is 0 Å². The van der Waals surface area contributed by atoms with Crippen molar-refractivity contribution in [3.8, 4) is 0 Å². The van der Waals surface area contributed by atoms with Gasteiger partial charge in [-0.3, -0.25) is 19.5 Å². The fourth-order valence-corrected chi connectivity index (χ4v) is 9.96. The first kappa shape index (κ1) is 41.9. The van der Waals surface area contributed by atoms with Gasteiger partial charge in [0.25, 0.3) is 5.91 Å². The maximum absolute atomic E-state index is 13.8. The maximum Gasteiger partial charge on any atom is 0.416 e. The summed E-state index contributed by atoms with van der Waals surface area (Å²) < 4.78 is 149. The van der Waals surface area contributed by atoms with Gasteiger partial charge in [-0.05, 0) is 74.0 Å². The van der Waals surface area contributed by atoms with E-state index >= 15 is 0 Å². The lowest BCUT2D eigenvalue weighted by atomic mass is 9.90. The van der Waals surface area contributed by atoms with E-state index in [0.717, 1.165) is 24.5 Å². The van der Waals surface area contributed by atoms with E-state index in [-0.39, 0.29) is 36.1 Å². The molecule has 6 rings (SSSR count). The van der Waals surface area contributed by atoms with Gasteiger partial charge < -0.3 is 4.90 Å². The van der Waals surface area contributed by atoms with Crippen LogP contribution >= 0.6 is 0 Å². The summed E-state index contributed by atoms with van der Waals surface area (Å²) in [7, 11) is -3.90. The SMILES string of the molecule is O=C(c1cc(C(F)(F)F)cc(C(F)(F)F)c1)N1CCC(N2CCN(C3CCCN(CS(=O)(=O)Cc4ccccc4C(F)(F)F)C3)CC2)CC1Cc1ccccc1. The van der Waals surface area contributed by atoms with Crippen LogP contribution in [0, 0.1) is 0 Å². The molecule has 56 heavy (non-hydrogen) atoms. The number of sulfone groups is 1. The van der Waals surface area contributed by atoms with Gasteiger partial charge in [-0.1, -0.05) is 48.5 Å². The van der Waals surface area contributed by atoms with E-state index in [0.29, 0.717) is 70.7 Å². The van der Waals surface area contributed by atoms with E-state index in [9.17, 15) is 52.7 Å². The van der Waals surface area contributed by atoms with Crippen molar-refractivity contribution in [1.82, 2.24) is 19.6 Å². The van der Waals surface area contributed by atoms with Crippen LogP contribution < -0.4 is 0 Å². The fraction of sp³-hybridized carbons (Fsp3) is 0.513. The van der Waals surface area contributed by atoms with Crippen LogP contribution in [0.1, 0.15) is 63.9 Å². The molecule has 3 aromatic rings. The Morgan fingerprint density at radius 1 is 0.679 bits per heavy atom. The Labute approximate surface area is 320 Å². The second-order valence-corrected chi connectivity index (χ2v) is 17.0. The number of amides is 1. The summed E-state index contributed by atoms with van der Waals surface area (Å²) in [4.78, 5) is 21.6. The van der Waals surface area contributed by atoms with E-state index in [1.54, 1.807) is 4.90 Å². The Hall–Kier alpha value is -3.67. The fourth-order valence-electron chi connectivity index (χ4n) is 8.35. The third-order valence-corrected chi connectivity index (χ3v) is 12.5. The van der Waals surface area contributed by atoms with Crippen molar-refractivity contribution in [1.29, 1.82) is 0 Å². The molecule has 3 saturated heterocycles. The van der Waals surface area contributed by atoms with Gasteiger partial charge in [0.05, 0.1) is 22.4 Å². The average molecular weight is 819 g/mol. The third-order valence-electron chi connectivity index (χ3n) is 11.0. The lowest BCUT2D eigenvalue weighted by molar-refractivity contribution is -0.143. The van der Waals surface area contributed by atoms with Crippen molar-refractivity contribution >= 4 is 15.7 Å². The number of carbonyl (C=O) groups is 1. The highest BCUT2D eigenvalue weighted by molar-refractivity contribution is 7.90. The topological polar surface area (TPSA) is 64.2 Å². The lowest BCUT2D eigenvalue weighted by Gasteiger charge is -2.48. The van der Waals surface area contributed by atoms with Gasteiger partial charge in [0.2, 0.25) is 0 Å². The summed E-state index contributed by atoms with van der Waals surface area (Å²) >= 11 is 0. The number of halogens is 9. The molecule has 3 heterocycles. The van der Waals surface area contributed by atoms with Crippen molar-refractivity contribution in [3.63, 3.8) is 0 Å². The molecule has 3 fully saturated rings. The number of hydrogen-bond acceptors (Lipinski definition) is 6. The monoisotopic (exact) mass is 818 g/mol. The van der Waals surface area contributed by atoms with Gasteiger partial charge in [-0.15, -0.1) is 0 Å². The van der Waals surface area contributed by atoms with E-state index in [4.69, 9.17) is 0 Å². The number of piperazine rings is 1. The predicted octanol–water partition coefficient (Wildman–Crippen LogP) is 7.61. The summed E-state index contributed by atoms with van der Waals surface area (Å²) in [5.41, 5.74) is -4.13. The van der Waals surface area contributed by atoms with Crippen LogP contribution in [-0.4, -0.2) is 104 Å². The number of likely N-dealkylation sites (tertiary alicyclic amines) is 2. The maximum atomic E-state index is 13.8. The molecule has 3 atom stereocenters. The highest BCUT2D eigenvalue weighted by Gasteiger charge is 2.41. The number of hydrogen-bond donors (Lipinski definition) is 0. The van der Waals surface area contributed by atoms with Crippen molar-refractivity contribution < 1.29 is 52.7 Å². The van der Waals surface area contributed by atoms with Crippen LogP contribution in [0.3, 0.4) is 0 Å². The van der Waals surface area contributed by atoms with Crippen molar-refractivity contribution in [2.75, 3.05) is 51.7 Å². The Balaban J connectivity index is 1.09. The molecular formula is C39H43F9N4O3S.